The van der Waals surface area contributed by atoms with E-state index in [2.05, 4.69) is 10.6 Å². The van der Waals surface area contributed by atoms with Crippen LogP contribution in [0.3, 0.4) is 0 Å². The summed E-state index contributed by atoms with van der Waals surface area (Å²) < 4.78 is 35.1. The van der Waals surface area contributed by atoms with E-state index in [1.54, 1.807) is 6.07 Å². The molecule has 1 saturated heterocycles. The van der Waals surface area contributed by atoms with Crippen LogP contribution in [0.15, 0.2) is 23.1 Å². The summed E-state index contributed by atoms with van der Waals surface area (Å²) in [5.41, 5.74) is 0. The average Bonchev–Trinajstić information content (AvgIpc) is 2.65. The van der Waals surface area contributed by atoms with Gasteiger partial charge in [-0.05, 0) is 44.0 Å². The predicted molar refractivity (Wildman–Crippen MR) is 94.8 cm³/mol. The van der Waals surface area contributed by atoms with Crippen molar-refractivity contribution in [3.63, 3.8) is 0 Å². The maximum Gasteiger partial charge on any atom is 0.221 e. The minimum atomic E-state index is -3.56. The Morgan fingerprint density at radius 3 is 2.68 bits per heavy atom. The van der Waals surface area contributed by atoms with Crippen molar-refractivity contribution in [3.05, 3.63) is 18.2 Å². The fraction of sp³-hybridized carbons (Fsp3) is 0.588. The van der Waals surface area contributed by atoms with E-state index < -0.39 is 9.84 Å². The molecule has 0 aromatic heterocycles. The number of rotatable bonds is 8. The lowest BCUT2D eigenvalue weighted by Crippen LogP contribution is -2.38. The van der Waals surface area contributed by atoms with Crippen LogP contribution in [0.2, 0.25) is 0 Å². The maximum atomic E-state index is 12.4. The topological polar surface area (TPSA) is 93.7 Å². The van der Waals surface area contributed by atoms with E-state index >= 15 is 0 Å². The van der Waals surface area contributed by atoms with Crippen LogP contribution in [-0.2, 0) is 14.6 Å². The molecular weight excluding hydrogens is 344 g/mol. The zero-order valence-corrected chi connectivity index (χ0v) is 15.5. The molecule has 7 nitrogen and oxygen atoms in total. The monoisotopic (exact) mass is 370 g/mol. The molecule has 1 aromatic rings. The Morgan fingerprint density at radius 1 is 1.28 bits per heavy atom. The van der Waals surface area contributed by atoms with Crippen molar-refractivity contribution in [2.24, 2.45) is 5.92 Å². The molecule has 0 bridgehead atoms. The highest BCUT2D eigenvalue weighted by Crippen LogP contribution is 2.29. The maximum absolute atomic E-state index is 12.4. The molecule has 2 N–H and O–H groups in total. The molecule has 1 aliphatic rings. The summed E-state index contributed by atoms with van der Waals surface area (Å²) >= 11 is 0. The van der Waals surface area contributed by atoms with Crippen LogP contribution in [0.5, 0.6) is 11.5 Å². The summed E-state index contributed by atoms with van der Waals surface area (Å²) in [5.74, 6) is 0.741. The Morgan fingerprint density at radius 2 is 2.04 bits per heavy atom. The number of benzene rings is 1. The zero-order valence-electron chi connectivity index (χ0n) is 14.7. The fourth-order valence-corrected chi connectivity index (χ4v) is 4.05. The van der Waals surface area contributed by atoms with Crippen LogP contribution in [0.25, 0.3) is 0 Å². The van der Waals surface area contributed by atoms with Gasteiger partial charge in [0, 0.05) is 19.0 Å². The van der Waals surface area contributed by atoms with Gasteiger partial charge in [-0.25, -0.2) is 8.42 Å². The van der Waals surface area contributed by atoms with E-state index in [4.69, 9.17) is 9.47 Å². The number of methoxy groups -OCH3 is 2. The second-order valence-corrected chi connectivity index (χ2v) is 8.21. The first-order valence-corrected chi connectivity index (χ1v) is 10.0. The first kappa shape index (κ1) is 19.5. The fourth-order valence-electron chi connectivity index (χ4n) is 2.80. The summed E-state index contributed by atoms with van der Waals surface area (Å²) in [6, 6.07) is 4.42. The molecular formula is C17H26N2O5S. The number of hydrogen-bond acceptors (Lipinski definition) is 6. The van der Waals surface area contributed by atoms with Gasteiger partial charge in [0.1, 0.15) is 0 Å². The van der Waals surface area contributed by atoms with Crippen LogP contribution in [0.4, 0.5) is 0 Å². The van der Waals surface area contributed by atoms with Gasteiger partial charge >= 0.3 is 0 Å². The normalized spacial score (nSPS) is 17.8. The van der Waals surface area contributed by atoms with Gasteiger partial charge in [-0.15, -0.1) is 0 Å². The molecule has 140 valence electrons. The molecule has 1 aliphatic heterocycles. The van der Waals surface area contributed by atoms with E-state index in [1.807, 2.05) is 0 Å². The zero-order chi connectivity index (χ0) is 18.3. The van der Waals surface area contributed by atoms with Crippen molar-refractivity contribution < 1.29 is 22.7 Å². The van der Waals surface area contributed by atoms with Crippen molar-refractivity contribution in [2.45, 2.75) is 24.2 Å². The van der Waals surface area contributed by atoms with E-state index in [9.17, 15) is 13.2 Å². The van der Waals surface area contributed by atoms with Gasteiger partial charge < -0.3 is 20.1 Å². The lowest BCUT2D eigenvalue weighted by Gasteiger charge is -2.22. The van der Waals surface area contributed by atoms with Gasteiger partial charge in [0.05, 0.1) is 24.9 Å². The molecule has 1 fully saturated rings. The molecule has 1 heterocycles. The molecule has 1 aromatic carbocycles. The largest absolute Gasteiger partial charge is 0.493 e. The molecule has 2 rings (SSSR count). The SMILES string of the molecule is COc1ccc(S(=O)(=O)CCC(=O)NCC2CCCNC2)cc1OC. The average molecular weight is 370 g/mol. The Kier molecular flexibility index (Phi) is 7.07. The smallest absolute Gasteiger partial charge is 0.221 e. The van der Waals surface area contributed by atoms with Gasteiger partial charge in [-0.3, -0.25) is 4.79 Å². The van der Waals surface area contributed by atoms with Crippen molar-refractivity contribution in [2.75, 3.05) is 39.6 Å². The number of amides is 1. The Hall–Kier alpha value is -1.80. The third-order valence-corrected chi connectivity index (χ3v) is 6.01. The van der Waals surface area contributed by atoms with Crippen LogP contribution in [0.1, 0.15) is 19.3 Å². The van der Waals surface area contributed by atoms with Crippen LogP contribution in [-0.4, -0.2) is 53.9 Å². The summed E-state index contributed by atoms with van der Waals surface area (Å²) in [6.45, 7) is 2.50. The number of ether oxygens (including phenoxy) is 2. The molecule has 0 saturated carbocycles. The second kappa shape index (κ2) is 9.05. The quantitative estimate of drug-likeness (QED) is 0.709. The Balaban J connectivity index is 1.89. The predicted octanol–water partition coefficient (Wildman–Crippen LogP) is 0.983. The van der Waals surface area contributed by atoms with Crippen LogP contribution in [0, 0.1) is 5.92 Å². The molecule has 1 amide bonds. The molecule has 8 heteroatoms. The molecule has 25 heavy (non-hydrogen) atoms. The van der Waals surface area contributed by atoms with E-state index in [0.29, 0.717) is 24.0 Å². The molecule has 1 unspecified atom stereocenters. The Labute approximate surface area is 149 Å². The molecule has 0 aliphatic carbocycles. The van der Waals surface area contributed by atoms with Gasteiger partial charge in [0.15, 0.2) is 21.3 Å². The first-order chi connectivity index (χ1) is 12.0. The summed E-state index contributed by atoms with van der Waals surface area (Å²) in [7, 11) is -0.634. The minimum Gasteiger partial charge on any atom is -0.493 e. The third kappa shape index (κ3) is 5.61. The highest BCUT2D eigenvalue weighted by atomic mass is 32.2. The first-order valence-electron chi connectivity index (χ1n) is 8.38. The molecule has 1 atom stereocenters. The van der Waals surface area contributed by atoms with Crippen molar-refractivity contribution in [1.29, 1.82) is 0 Å². The van der Waals surface area contributed by atoms with Crippen LogP contribution < -0.4 is 20.1 Å². The van der Waals surface area contributed by atoms with Crippen molar-refractivity contribution in [3.8, 4) is 11.5 Å². The van der Waals surface area contributed by atoms with Crippen molar-refractivity contribution in [1.82, 2.24) is 10.6 Å². The van der Waals surface area contributed by atoms with E-state index in [-0.39, 0.29) is 23.0 Å². The van der Waals surface area contributed by atoms with Gasteiger partial charge in [0.25, 0.3) is 0 Å². The lowest BCUT2D eigenvalue weighted by atomic mass is 10.00. The number of piperidine rings is 1. The number of nitrogens with one attached hydrogen (secondary N) is 2. The summed E-state index contributed by atoms with van der Waals surface area (Å²) in [4.78, 5) is 12.1. The lowest BCUT2D eigenvalue weighted by molar-refractivity contribution is -0.120. The summed E-state index contributed by atoms with van der Waals surface area (Å²) in [6.07, 6.45) is 2.13. The third-order valence-electron chi connectivity index (χ3n) is 4.30. The van der Waals surface area contributed by atoms with Gasteiger partial charge in [-0.2, -0.15) is 0 Å². The molecule has 0 spiro atoms. The number of sulfone groups is 1. The highest BCUT2D eigenvalue weighted by Gasteiger charge is 2.20. The van der Waals surface area contributed by atoms with Gasteiger partial charge in [0.2, 0.25) is 5.91 Å². The second-order valence-electron chi connectivity index (χ2n) is 6.10. The molecule has 0 radical (unpaired) electrons. The number of carbonyl (C=O) groups is 1. The standard InChI is InChI=1S/C17H26N2O5S/c1-23-15-6-5-14(10-16(15)24-2)25(21,22)9-7-17(20)19-12-13-4-3-8-18-11-13/h5-6,10,13,18H,3-4,7-9,11-12H2,1-2H3,(H,19,20). The summed E-state index contributed by atoms with van der Waals surface area (Å²) in [5, 5.41) is 6.12. The van der Waals surface area contributed by atoms with E-state index in [1.165, 1.54) is 26.4 Å². The Bertz CT molecular complexity index is 684. The highest BCUT2D eigenvalue weighted by molar-refractivity contribution is 7.91. The van der Waals surface area contributed by atoms with Crippen LogP contribution >= 0.6 is 0 Å². The minimum absolute atomic E-state index is 0.0587. The van der Waals surface area contributed by atoms with E-state index in [0.717, 1.165) is 25.9 Å². The number of carbonyl (C=O) groups excluding carboxylic acids is 1. The number of hydrogen-bond donors (Lipinski definition) is 2. The van der Waals surface area contributed by atoms with Gasteiger partial charge in [-0.1, -0.05) is 0 Å². The van der Waals surface area contributed by atoms with Crippen molar-refractivity contribution >= 4 is 15.7 Å².